The van der Waals surface area contributed by atoms with Gasteiger partial charge in [-0.1, -0.05) is 179 Å². The Labute approximate surface area is 293 Å². The second kappa shape index (κ2) is 17.7. The molecular formula is C43H47NO4Si. The molecule has 5 rings (SSSR count). The Balaban J connectivity index is 1.52. The summed E-state index contributed by atoms with van der Waals surface area (Å²) >= 11 is 0. The Morgan fingerprint density at radius 1 is 0.551 bits per heavy atom. The van der Waals surface area contributed by atoms with Gasteiger partial charge in [0.2, 0.25) is 0 Å². The van der Waals surface area contributed by atoms with Crippen LogP contribution in [0.5, 0.6) is 0 Å². The van der Waals surface area contributed by atoms with Crippen LogP contribution in [0.3, 0.4) is 0 Å². The maximum absolute atomic E-state index is 6.91. The Hall–Kier alpha value is -4.59. The highest BCUT2D eigenvalue weighted by Gasteiger charge is 2.53. The molecule has 0 amide bonds. The lowest BCUT2D eigenvalue weighted by atomic mass is 10.1. The Kier molecular flexibility index (Phi) is 12.9. The van der Waals surface area contributed by atoms with E-state index in [1.54, 1.807) is 12.3 Å². The molecule has 5 aromatic rings. The first-order valence-electron chi connectivity index (χ1n) is 16.8. The highest BCUT2D eigenvalue weighted by atomic mass is 28.4. The van der Waals surface area contributed by atoms with Crippen molar-refractivity contribution in [1.29, 1.82) is 0 Å². The largest absolute Gasteiger partial charge is 0.443 e. The highest BCUT2D eigenvalue weighted by Crippen LogP contribution is 2.37. The summed E-state index contributed by atoms with van der Waals surface area (Å²) in [5.74, 6) is 0. The Morgan fingerprint density at radius 2 is 0.918 bits per heavy atom. The smallest absolute Gasteiger partial charge is 0.354 e. The topological polar surface area (TPSA) is 49.3 Å². The summed E-state index contributed by atoms with van der Waals surface area (Å²) in [4.78, 5) is 0. The molecule has 5 aromatic carbocycles. The molecule has 49 heavy (non-hydrogen) atoms. The third-order valence-corrected chi connectivity index (χ3v) is 13.3. The van der Waals surface area contributed by atoms with Gasteiger partial charge in [-0.3, -0.25) is 0 Å². The SMILES string of the molecule is C=C[C@@H](OCc1ccccc1)[C@H](OCc1ccccc1)[C@@H](/C=N/O[Si](c1ccccc1)(c1ccccc1)C(C)(C)C)OCc1ccccc1. The van der Waals surface area contributed by atoms with Crippen LogP contribution >= 0.6 is 0 Å². The van der Waals surface area contributed by atoms with Crippen LogP contribution in [-0.4, -0.2) is 32.8 Å². The van der Waals surface area contributed by atoms with Crippen LogP contribution in [0.2, 0.25) is 5.04 Å². The van der Waals surface area contributed by atoms with Crippen molar-refractivity contribution in [3.63, 3.8) is 0 Å². The zero-order valence-electron chi connectivity index (χ0n) is 28.7. The van der Waals surface area contributed by atoms with Gasteiger partial charge < -0.3 is 18.7 Å². The summed E-state index contributed by atoms with van der Waals surface area (Å²) in [5, 5.41) is 6.85. The van der Waals surface area contributed by atoms with E-state index in [-0.39, 0.29) is 5.04 Å². The summed E-state index contributed by atoms with van der Waals surface area (Å²) in [6, 6.07) is 51.2. The van der Waals surface area contributed by atoms with Gasteiger partial charge in [-0.2, -0.15) is 0 Å². The molecule has 0 aliphatic rings. The third-order valence-electron chi connectivity index (χ3n) is 8.55. The minimum Gasteiger partial charge on any atom is -0.443 e. The lowest BCUT2D eigenvalue weighted by Gasteiger charge is -2.40. The van der Waals surface area contributed by atoms with Gasteiger partial charge >= 0.3 is 8.32 Å². The average Bonchev–Trinajstić information content (AvgIpc) is 3.14. The van der Waals surface area contributed by atoms with Gasteiger partial charge in [-0.15, -0.1) is 11.7 Å². The fourth-order valence-corrected chi connectivity index (χ4v) is 10.1. The molecule has 0 radical (unpaired) electrons. The first-order valence-corrected chi connectivity index (χ1v) is 18.7. The van der Waals surface area contributed by atoms with Crippen molar-refractivity contribution in [3.8, 4) is 0 Å². The number of hydrogen-bond acceptors (Lipinski definition) is 5. The summed E-state index contributed by atoms with van der Waals surface area (Å²) in [5.41, 5.74) is 3.14. The van der Waals surface area contributed by atoms with Crippen LogP contribution in [-0.2, 0) is 38.6 Å². The molecular weight excluding hydrogens is 623 g/mol. The van der Waals surface area contributed by atoms with E-state index in [1.165, 1.54) is 0 Å². The molecule has 252 valence electrons. The number of benzene rings is 5. The van der Waals surface area contributed by atoms with E-state index in [4.69, 9.17) is 23.9 Å². The molecule has 0 heterocycles. The van der Waals surface area contributed by atoms with Crippen LogP contribution in [0.25, 0.3) is 0 Å². The first-order chi connectivity index (χ1) is 23.9. The highest BCUT2D eigenvalue weighted by molar-refractivity contribution is 6.99. The lowest BCUT2D eigenvalue weighted by molar-refractivity contribution is -0.116. The third kappa shape index (κ3) is 9.52. The molecule has 0 fully saturated rings. The van der Waals surface area contributed by atoms with E-state index < -0.39 is 26.6 Å². The van der Waals surface area contributed by atoms with Crippen LogP contribution in [0.15, 0.2) is 169 Å². The summed E-state index contributed by atoms with van der Waals surface area (Å²) < 4.78 is 26.7. The van der Waals surface area contributed by atoms with E-state index in [0.717, 1.165) is 27.1 Å². The molecule has 0 saturated carbocycles. The first kappa shape index (κ1) is 35.7. The van der Waals surface area contributed by atoms with Gasteiger partial charge in [0.25, 0.3) is 0 Å². The maximum Gasteiger partial charge on any atom is 0.354 e. The van der Waals surface area contributed by atoms with Crippen molar-refractivity contribution in [2.75, 3.05) is 0 Å². The van der Waals surface area contributed by atoms with Crippen LogP contribution < -0.4 is 10.4 Å². The fraction of sp³-hybridized carbons (Fsp3) is 0.233. The zero-order chi connectivity index (χ0) is 34.4. The summed E-state index contributed by atoms with van der Waals surface area (Å²) in [6.07, 6.45) is 1.80. The predicted molar refractivity (Wildman–Crippen MR) is 202 cm³/mol. The van der Waals surface area contributed by atoms with Crippen molar-refractivity contribution in [3.05, 3.63) is 181 Å². The molecule has 0 aliphatic carbocycles. The number of rotatable bonds is 17. The van der Waals surface area contributed by atoms with E-state index in [2.05, 4.69) is 75.9 Å². The average molecular weight is 670 g/mol. The van der Waals surface area contributed by atoms with Crippen molar-refractivity contribution >= 4 is 24.9 Å². The van der Waals surface area contributed by atoms with Crippen molar-refractivity contribution in [1.82, 2.24) is 0 Å². The normalized spacial score (nSPS) is 13.9. The van der Waals surface area contributed by atoms with E-state index in [9.17, 15) is 0 Å². The monoisotopic (exact) mass is 669 g/mol. The minimum atomic E-state index is -2.95. The van der Waals surface area contributed by atoms with Crippen molar-refractivity contribution < 1.29 is 18.7 Å². The lowest BCUT2D eigenvalue weighted by Crippen LogP contribution is -2.65. The zero-order valence-corrected chi connectivity index (χ0v) is 29.7. The summed E-state index contributed by atoms with van der Waals surface area (Å²) in [7, 11) is -2.95. The van der Waals surface area contributed by atoms with Gasteiger partial charge in [-0.25, -0.2) is 0 Å². The standard InChI is InChI=1S/C43H47NO4Si/c1-5-40(45-32-35-21-11-6-12-22-35)42(47-34-37-25-15-8-16-26-37)41(46-33-36-23-13-7-14-24-36)31-44-48-49(43(2,3)4,38-27-17-9-18-28-38)39-29-19-10-20-30-39/h5-31,40-42H,1,32-34H2,2-4H3/b44-31+/t40-,41-,42+/m1/s1. The van der Waals surface area contributed by atoms with Crippen LogP contribution in [0, 0.1) is 0 Å². The van der Waals surface area contributed by atoms with Gasteiger partial charge in [0.05, 0.1) is 26.0 Å². The van der Waals surface area contributed by atoms with Crippen LogP contribution in [0.4, 0.5) is 0 Å². The molecule has 0 saturated heterocycles. The number of hydrogen-bond donors (Lipinski definition) is 0. The fourth-order valence-electron chi connectivity index (χ4n) is 5.99. The maximum atomic E-state index is 6.91. The van der Waals surface area contributed by atoms with E-state index in [0.29, 0.717) is 19.8 Å². The second-order valence-electron chi connectivity index (χ2n) is 13.0. The Bertz CT molecular complexity index is 1660. The Morgan fingerprint density at radius 3 is 1.31 bits per heavy atom. The van der Waals surface area contributed by atoms with Gasteiger partial charge in [0.15, 0.2) is 0 Å². The molecule has 0 aliphatic heterocycles. The van der Waals surface area contributed by atoms with Crippen molar-refractivity contribution in [2.45, 2.75) is 63.9 Å². The molecule has 0 aromatic heterocycles. The molecule has 0 bridgehead atoms. The molecule has 0 spiro atoms. The van der Waals surface area contributed by atoms with Gasteiger partial charge in [0.1, 0.15) is 18.3 Å². The van der Waals surface area contributed by atoms with Gasteiger partial charge in [-0.05, 0) is 27.1 Å². The van der Waals surface area contributed by atoms with E-state index >= 15 is 0 Å². The number of ether oxygens (including phenoxy) is 3. The summed E-state index contributed by atoms with van der Waals surface area (Å²) in [6.45, 7) is 11.9. The predicted octanol–water partition coefficient (Wildman–Crippen LogP) is 8.49. The van der Waals surface area contributed by atoms with Gasteiger partial charge in [0, 0.05) is 5.04 Å². The molecule has 6 heteroatoms. The van der Waals surface area contributed by atoms with Crippen molar-refractivity contribution in [2.24, 2.45) is 5.16 Å². The minimum absolute atomic E-state index is 0.251. The van der Waals surface area contributed by atoms with Crippen LogP contribution in [0.1, 0.15) is 37.5 Å². The molecule has 5 nitrogen and oxygen atoms in total. The molecule has 0 unspecified atom stereocenters. The second-order valence-corrected chi connectivity index (χ2v) is 17.2. The quantitative estimate of drug-likeness (QED) is 0.0431. The molecule has 3 atom stereocenters. The molecule has 0 N–H and O–H groups in total. The number of nitrogens with zero attached hydrogens (tertiary/aromatic N) is 1. The number of oxime groups is 1. The van der Waals surface area contributed by atoms with E-state index in [1.807, 2.05) is 103 Å².